The van der Waals surface area contributed by atoms with Crippen LogP contribution in [-0.4, -0.2) is 73.7 Å². The number of hydrogen-bond acceptors (Lipinski definition) is 9. The number of phenolic OH excluding ortho intramolecular Hbond substituents is 1. The summed E-state index contributed by atoms with van der Waals surface area (Å²) in [5.74, 6) is -1.34. The first kappa shape index (κ1) is 22.7. The number of carbonyl (C=O) groups is 1. The van der Waals surface area contributed by atoms with Gasteiger partial charge in [0.05, 0.1) is 12.2 Å². The summed E-state index contributed by atoms with van der Waals surface area (Å²) in [5.41, 5.74) is 1.34. The molecule has 0 spiro atoms. The second-order valence-corrected chi connectivity index (χ2v) is 7.25. The van der Waals surface area contributed by atoms with Crippen molar-refractivity contribution in [2.75, 3.05) is 6.61 Å². The largest absolute Gasteiger partial charge is 0.507 e. The molecule has 3 rings (SSSR count). The first-order valence-electron chi connectivity index (χ1n) is 9.53. The summed E-state index contributed by atoms with van der Waals surface area (Å²) in [4.78, 5) is 12.4. The lowest BCUT2D eigenvalue weighted by atomic mass is 9.99. The highest BCUT2D eigenvalue weighted by Crippen LogP contribution is 2.29. The Morgan fingerprint density at radius 3 is 2.35 bits per heavy atom. The Morgan fingerprint density at radius 2 is 1.74 bits per heavy atom. The molecule has 0 aromatic heterocycles. The van der Waals surface area contributed by atoms with Crippen molar-refractivity contribution >= 4 is 11.5 Å². The number of aryl methyl sites for hydroxylation is 1. The van der Waals surface area contributed by atoms with Crippen LogP contribution in [-0.2, 0) is 4.74 Å². The van der Waals surface area contributed by atoms with E-state index in [0.717, 1.165) is 17.7 Å². The van der Waals surface area contributed by atoms with E-state index in [1.807, 2.05) is 6.92 Å². The number of ether oxygens (including phenoxy) is 2. The third-order valence-electron chi connectivity index (χ3n) is 4.95. The first-order chi connectivity index (χ1) is 14.7. The van der Waals surface area contributed by atoms with E-state index in [0.29, 0.717) is 5.56 Å². The van der Waals surface area contributed by atoms with Crippen LogP contribution in [0.2, 0.25) is 0 Å². The van der Waals surface area contributed by atoms with E-state index in [1.54, 1.807) is 24.3 Å². The molecule has 9 nitrogen and oxygen atoms in total. The summed E-state index contributed by atoms with van der Waals surface area (Å²) >= 11 is 0. The lowest BCUT2D eigenvalue weighted by molar-refractivity contribution is -0.277. The molecule has 0 unspecified atom stereocenters. The molecule has 0 saturated carbocycles. The lowest BCUT2D eigenvalue weighted by Gasteiger charge is -2.39. The smallest absolute Gasteiger partial charge is 0.229 e. The molecule has 6 N–H and O–H groups in total. The van der Waals surface area contributed by atoms with E-state index >= 15 is 0 Å². The van der Waals surface area contributed by atoms with Crippen molar-refractivity contribution in [3.63, 3.8) is 0 Å². The van der Waals surface area contributed by atoms with E-state index in [4.69, 9.17) is 9.47 Å². The Hall–Kier alpha value is -2.95. The average molecular weight is 432 g/mol. The van der Waals surface area contributed by atoms with Crippen LogP contribution in [0.25, 0.3) is 5.76 Å². The standard InChI is InChI=1S/C22H24O9/c1-11-2-4-12(5-3-11)15(24)9-17(26)14-7-6-13(8-16(14)25)30-22-21(29)20(28)19(27)18(10-23)31-22/h2-9,18-25,27-29H,10H2,1H3/b15-9-/t18-,19-,20+,21-,22-/m1/s1. The summed E-state index contributed by atoms with van der Waals surface area (Å²) in [6.45, 7) is 1.28. The van der Waals surface area contributed by atoms with Gasteiger partial charge in [-0.25, -0.2) is 0 Å². The number of carbonyl (C=O) groups excluding carboxylic acids is 1. The van der Waals surface area contributed by atoms with Crippen molar-refractivity contribution in [1.82, 2.24) is 0 Å². The zero-order chi connectivity index (χ0) is 22.7. The van der Waals surface area contributed by atoms with Crippen molar-refractivity contribution in [2.45, 2.75) is 37.6 Å². The molecule has 0 radical (unpaired) electrons. The zero-order valence-electron chi connectivity index (χ0n) is 16.6. The molecule has 2 aromatic rings. The number of aromatic hydroxyl groups is 1. The van der Waals surface area contributed by atoms with Crippen LogP contribution in [0.1, 0.15) is 21.5 Å². The lowest BCUT2D eigenvalue weighted by Crippen LogP contribution is -2.60. The number of phenols is 1. The fourth-order valence-electron chi connectivity index (χ4n) is 3.10. The minimum atomic E-state index is -1.62. The molecule has 1 fully saturated rings. The SMILES string of the molecule is Cc1ccc(/C(O)=C/C(=O)c2ccc(O[C@@H]3O[C@H](CO)[C@@H](O)[C@H](O)[C@H]3O)cc2O)cc1. The van der Waals surface area contributed by atoms with Gasteiger partial charge in [0.15, 0.2) is 5.78 Å². The van der Waals surface area contributed by atoms with Crippen LogP contribution < -0.4 is 4.74 Å². The van der Waals surface area contributed by atoms with E-state index in [9.17, 15) is 35.4 Å². The van der Waals surface area contributed by atoms with Gasteiger partial charge in [0.25, 0.3) is 0 Å². The van der Waals surface area contributed by atoms with Crippen LogP contribution >= 0.6 is 0 Å². The molecule has 5 atom stereocenters. The quantitative estimate of drug-likeness (QED) is 0.219. The first-order valence-corrected chi connectivity index (χ1v) is 9.53. The number of hydrogen-bond donors (Lipinski definition) is 6. The van der Waals surface area contributed by atoms with Gasteiger partial charge in [-0.05, 0) is 19.1 Å². The van der Waals surface area contributed by atoms with Gasteiger partial charge >= 0.3 is 0 Å². The van der Waals surface area contributed by atoms with E-state index in [1.165, 1.54) is 12.1 Å². The highest BCUT2D eigenvalue weighted by atomic mass is 16.7. The molecule has 1 heterocycles. The zero-order valence-corrected chi connectivity index (χ0v) is 16.6. The Kier molecular flexibility index (Phi) is 6.94. The van der Waals surface area contributed by atoms with Crippen LogP contribution in [0.15, 0.2) is 48.5 Å². The maximum atomic E-state index is 12.4. The van der Waals surface area contributed by atoms with Gasteiger partial charge < -0.3 is 40.1 Å². The summed E-state index contributed by atoms with van der Waals surface area (Å²) in [6, 6.07) is 10.6. The highest BCUT2D eigenvalue weighted by molar-refractivity contribution is 6.09. The molecule has 2 aromatic carbocycles. The highest BCUT2D eigenvalue weighted by Gasteiger charge is 2.44. The number of benzene rings is 2. The van der Waals surface area contributed by atoms with E-state index in [2.05, 4.69) is 0 Å². The van der Waals surface area contributed by atoms with Gasteiger partial charge in [0.2, 0.25) is 6.29 Å². The number of rotatable bonds is 6. The van der Waals surface area contributed by atoms with Gasteiger partial charge in [-0.15, -0.1) is 0 Å². The molecular formula is C22H24O9. The summed E-state index contributed by atoms with van der Waals surface area (Å²) in [6.07, 6.45) is -6.34. The van der Waals surface area contributed by atoms with Crippen molar-refractivity contribution < 1.29 is 44.9 Å². The van der Waals surface area contributed by atoms with Crippen molar-refractivity contribution in [2.24, 2.45) is 0 Å². The fourth-order valence-corrected chi connectivity index (χ4v) is 3.10. The average Bonchev–Trinajstić information content (AvgIpc) is 2.74. The molecule has 166 valence electrons. The van der Waals surface area contributed by atoms with Crippen LogP contribution in [0.3, 0.4) is 0 Å². The molecule has 0 bridgehead atoms. The van der Waals surface area contributed by atoms with Crippen molar-refractivity contribution in [3.05, 3.63) is 65.2 Å². The maximum Gasteiger partial charge on any atom is 0.229 e. The third kappa shape index (κ3) is 5.04. The van der Waals surface area contributed by atoms with Gasteiger partial charge in [0, 0.05) is 17.7 Å². The predicted octanol–water partition coefficient (Wildman–Crippen LogP) is 0.661. The summed E-state index contributed by atoms with van der Waals surface area (Å²) < 4.78 is 10.6. The topological polar surface area (TPSA) is 157 Å². The number of allylic oxidation sites excluding steroid dienone is 1. The van der Waals surface area contributed by atoms with Crippen LogP contribution in [0, 0.1) is 6.92 Å². The Labute approximate surface area is 178 Å². The Bertz CT molecular complexity index is 952. The Morgan fingerprint density at radius 1 is 1.06 bits per heavy atom. The molecule has 1 saturated heterocycles. The van der Waals surface area contributed by atoms with Crippen LogP contribution in [0.4, 0.5) is 0 Å². The van der Waals surface area contributed by atoms with Gasteiger partial charge in [-0.2, -0.15) is 0 Å². The molecule has 1 aliphatic rings. The monoisotopic (exact) mass is 432 g/mol. The number of ketones is 1. The van der Waals surface area contributed by atoms with Gasteiger partial charge in [-0.1, -0.05) is 29.8 Å². The second-order valence-electron chi connectivity index (χ2n) is 7.25. The van der Waals surface area contributed by atoms with Crippen molar-refractivity contribution in [3.8, 4) is 11.5 Å². The second kappa shape index (κ2) is 9.46. The van der Waals surface area contributed by atoms with Crippen LogP contribution in [0.5, 0.6) is 11.5 Å². The minimum Gasteiger partial charge on any atom is -0.507 e. The minimum absolute atomic E-state index is 0.00474. The predicted molar refractivity (Wildman–Crippen MR) is 109 cm³/mol. The molecular weight excluding hydrogens is 408 g/mol. The molecule has 0 amide bonds. The van der Waals surface area contributed by atoms with E-state index in [-0.39, 0.29) is 17.1 Å². The normalized spacial score (nSPS) is 26.5. The molecule has 9 heteroatoms. The molecule has 0 aliphatic carbocycles. The third-order valence-corrected chi connectivity index (χ3v) is 4.95. The molecule has 1 aliphatic heterocycles. The summed E-state index contributed by atoms with van der Waals surface area (Å²) in [5, 5.41) is 59.2. The number of aliphatic hydroxyl groups is 5. The molecule has 31 heavy (non-hydrogen) atoms. The fraction of sp³-hybridized carbons (Fsp3) is 0.318. The maximum absolute atomic E-state index is 12.4. The van der Waals surface area contributed by atoms with E-state index < -0.39 is 48.8 Å². The van der Waals surface area contributed by atoms with Crippen molar-refractivity contribution in [1.29, 1.82) is 0 Å². The number of aliphatic hydroxyl groups excluding tert-OH is 5. The summed E-state index contributed by atoms with van der Waals surface area (Å²) in [7, 11) is 0. The van der Waals surface area contributed by atoms with Gasteiger partial charge in [0.1, 0.15) is 41.7 Å². The Balaban J connectivity index is 1.74. The van der Waals surface area contributed by atoms with Gasteiger partial charge in [-0.3, -0.25) is 4.79 Å².